The lowest BCUT2D eigenvalue weighted by Crippen LogP contribution is -2.52. The molecular weight excluding hydrogens is 192 g/mol. The summed E-state index contributed by atoms with van der Waals surface area (Å²) in [5, 5.41) is 9.78. The van der Waals surface area contributed by atoms with Crippen LogP contribution in [0.3, 0.4) is 0 Å². The van der Waals surface area contributed by atoms with E-state index in [4.69, 9.17) is 4.55 Å². The Morgan fingerprint density at radius 1 is 1.46 bits per heavy atom. The summed E-state index contributed by atoms with van der Waals surface area (Å²) in [6.07, 6.45) is 0.733. The van der Waals surface area contributed by atoms with Crippen molar-refractivity contribution in [1.29, 1.82) is 0 Å². The Morgan fingerprint density at radius 3 is 2.46 bits per heavy atom. The summed E-state index contributed by atoms with van der Waals surface area (Å²) in [5.74, 6) is 0.0722. The van der Waals surface area contributed by atoms with Crippen LogP contribution in [0, 0.1) is 0 Å². The van der Waals surface area contributed by atoms with Crippen LogP contribution in [0.15, 0.2) is 0 Å². The van der Waals surface area contributed by atoms with Crippen molar-refractivity contribution < 1.29 is 13.9 Å². The van der Waals surface area contributed by atoms with E-state index in [2.05, 4.69) is 10.9 Å². The third-order valence-corrected chi connectivity index (χ3v) is 2.33. The topological polar surface area (TPSA) is 81.6 Å². The van der Waals surface area contributed by atoms with Crippen LogP contribution in [-0.4, -0.2) is 31.9 Å². The fraction of sp³-hybridized carbons (Fsp3) is 1.00. The van der Waals surface area contributed by atoms with Gasteiger partial charge in [0.1, 0.15) is 5.72 Å². The fourth-order valence-electron chi connectivity index (χ4n) is 0.837. The van der Waals surface area contributed by atoms with Crippen molar-refractivity contribution >= 4 is 11.1 Å². The normalized spacial score (nSPS) is 18.2. The Bertz CT molecular complexity index is 168. The summed E-state index contributed by atoms with van der Waals surface area (Å²) < 4.78 is 18.9. The van der Waals surface area contributed by atoms with Crippen LogP contribution < -0.4 is 10.9 Å². The van der Waals surface area contributed by atoms with Crippen LogP contribution in [0.4, 0.5) is 0 Å². The van der Waals surface area contributed by atoms with Crippen molar-refractivity contribution in [2.45, 2.75) is 32.4 Å². The van der Waals surface area contributed by atoms with Gasteiger partial charge in [0.15, 0.2) is 11.1 Å². The number of hydrazine groups is 1. The van der Waals surface area contributed by atoms with Crippen LogP contribution >= 0.6 is 0 Å². The zero-order chi connectivity index (χ0) is 10.3. The largest absolute Gasteiger partial charge is 0.375 e. The van der Waals surface area contributed by atoms with E-state index >= 15 is 0 Å². The Kier molecular flexibility index (Phi) is 6.44. The summed E-state index contributed by atoms with van der Waals surface area (Å²) in [6.45, 7) is 4.39. The van der Waals surface area contributed by atoms with E-state index in [-0.39, 0.29) is 12.2 Å². The molecule has 0 amide bonds. The first-order valence-electron chi connectivity index (χ1n) is 4.34. The highest BCUT2D eigenvalue weighted by Gasteiger charge is 2.23. The highest BCUT2D eigenvalue weighted by Crippen LogP contribution is 2.10. The summed E-state index contributed by atoms with van der Waals surface area (Å²) in [6, 6.07) is 0. The van der Waals surface area contributed by atoms with Crippen LogP contribution in [0.2, 0.25) is 0 Å². The molecule has 2 unspecified atom stereocenters. The lowest BCUT2D eigenvalue weighted by molar-refractivity contribution is -0.0148. The number of nitrogens with one attached hydrogen (secondary N) is 2. The van der Waals surface area contributed by atoms with Crippen LogP contribution in [0.5, 0.6) is 0 Å². The van der Waals surface area contributed by atoms with Gasteiger partial charge >= 0.3 is 0 Å². The van der Waals surface area contributed by atoms with Gasteiger partial charge in [-0.25, -0.2) is 9.63 Å². The lowest BCUT2D eigenvalue weighted by Gasteiger charge is -2.27. The Hall–Kier alpha value is -0.0100. The van der Waals surface area contributed by atoms with Crippen molar-refractivity contribution in [3.05, 3.63) is 0 Å². The number of aliphatic hydroxyl groups is 1. The molecule has 2 atom stereocenters. The van der Waals surface area contributed by atoms with E-state index in [1.807, 2.05) is 13.8 Å². The molecule has 0 fully saturated rings. The molecule has 0 rings (SSSR count). The molecule has 0 saturated heterocycles. The molecule has 0 aliphatic heterocycles. The molecule has 0 aromatic rings. The molecule has 5 nitrogen and oxygen atoms in total. The van der Waals surface area contributed by atoms with Crippen molar-refractivity contribution in [1.82, 2.24) is 10.9 Å². The maximum absolute atomic E-state index is 10.4. The Balaban J connectivity index is 3.87. The van der Waals surface area contributed by atoms with Gasteiger partial charge in [0.25, 0.3) is 0 Å². The highest BCUT2D eigenvalue weighted by atomic mass is 32.2. The number of rotatable bonds is 7. The molecule has 6 heteroatoms. The molecule has 0 bridgehead atoms. The zero-order valence-electron chi connectivity index (χ0n) is 8.04. The van der Waals surface area contributed by atoms with E-state index in [1.165, 1.54) is 0 Å². The summed E-state index contributed by atoms with van der Waals surface area (Å²) in [5.41, 5.74) is 4.40. The van der Waals surface area contributed by atoms with Gasteiger partial charge in [-0.15, -0.1) is 0 Å². The van der Waals surface area contributed by atoms with E-state index in [0.29, 0.717) is 13.0 Å². The fourth-order valence-corrected chi connectivity index (χ4v) is 1.35. The predicted octanol–water partition coefficient (Wildman–Crippen LogP) is -0.189. The monoisotopic (exact) mass is 210 g/mol. The van der Waals surface area contributed by atoms with Crippen LogP contribution in [0.1, 0.15) is 26.7 Å². The number of hydrogen-bond acceptors (Lipinski definition) is 4. The smallest absolute Gasteiger partial charge is 0.152 e. The average molecular weight is 210 g/mol. The second-order valence-electron chi connectivity index (χ2n) is 2.82. The van der Waals surface area contributed by atoms with Gasteiger partial charge in [0, 0.05) is 13.0 Å². The van der Waals surface area contributed by atoms with Gasteiger partial charge in [-0.05, 0) is 6.42 Å². The second kappa shape index (κ2) is 6.44. The summed E-state index contributed by atoms with van der Waals surface area (Å²) in [4.78, 5) is 0. The van der Waals surface area contributed by atoms with Gasteiger partial charge < -0.3 is 9.66 Å². The molecule has 0 saturated carbocycles. The Morgan fingerprint density at radius 2 is 2.08 bits per heavy atom. The van der Waals surface area contributed by atoms with E-state index < -0.39 is 16.8 Å². The molecule has 13 heavy (non-hydrogen) atoms. The van der Waals surface area contributed by atoms with Crippen molar-refractivity contribution in [2.24, 2.45) is 0 Å². The van der Waals surface area contributed by atoms with Crippen molar-refractivity contribution in [3.8, 4) is 0 Å². The highest BCUT2D eigenvalue weighted by molar-refractivity contribution is 7.79. The first-order chi connectivity index (χ1) is 6.04. The van der Waals surface area contributed by atoms with Gasteiger partial charge in [-0.2, -0.15) is 0 Å². The first-order valence-corrected chi connectivity index (χ1v) is 5.61. The molecule has 0 aliphatic carbocycles. The minimum absolute atomic E-state index is 0.0722. The van der Waals surface area contributed by atoms with Crippen LogP contribution in [0.25, 0.3) is 0 Å². The molecule has 0 aromatic carbocycles. The zero-order valence-corrected chi connectivity index (χ0v) is 8.86. The van der Waals surface area contributed by atoms with Crippen molar-refractivity contribution in [2.75, 3.05) is 12.3 Å². The SMILES string of the molecule is CCNNC(O)(CC)CCS(=O)O. The summed E-state index contributed by atoms with van der Waals surface area (Å²) >= 11 is -1.85. The number of hydrogen-bond donors (Lipinski definition) is 4. The summed E-state index contributed by atoms with van der Waals surface area (Å²) in [7, 11) is 0. The third-order valence-electron chi connectivity index (χ3n) is 1.77. The van der Waals surface area contributed by atoms with Gasteiger partial charge in [0.2, 0.25) is 0 Å². The first kappa shape index (κ1) is 13.0. The van der Waals surface area contributed by atoms with E-state index in [9.17, 15) is 9.32 Å². The second-order valence-corrected chi connectivity index (χ2v) is 3.87. The van der Waals surface area contributed by atoms with Gasteiger partial charge in [-0.3, -0.25) is 5.43 Å². The molecule has 0 spiro atoms. The Labute approximate surface area is 81.2 Å². The quantitative estimate of drug-likeness (QED) is 0.266. The molecular formula is C7H18N2O3S. The maximum atomic E-state index is 10.4. The minimum Gasteiger partial charge on any atom is -0.375 e. The van der Waals surface area contributed by atoms with Crippen molar-refractivity contribution in [3.63, 3.8) is 0 Å². The van der Waals surface area contributed by atoms with Gasteiger partial charge in [0.05, 0.1) is 5.75 Å². The molecule has 0 radical (unpaired) electrons. The standard InChI is InChI=1S/C7H18N2O3S/c1-3-7(10,9-8-4-2)5-6-13(11)12/h8-10H,3-6H2,1-2H3,(H,11,12). The maximum Gasteiger partial charge on any atom is 0.152 e. The molecule has 80 valence electrons. The van der Waals surface area contributed by atoms with E-state index in [1.54, 1.807) is 0 Å². The predicted molar refractivity (Wildman–Crippen MR) is 52.3 cm³/mol. The third kappa shape index (κ3) is 6.11. The molecule has 4 N–H and O–H groups in total. The minimum atomic E-state index is -1.85. The molecule has 0 aromatic heterocycles. The van der Waals surface area contributed by atoms with Gasteiger partial charge in [-0.1, -0.05) is 13.8 Å². The average Bonchev–Trinajstić information content (AvgIpc) is 2.11. The van der Waals surface area contributed by atoms with E-state index in [0.717, 1.165) is 0 Å². The lowest BCUT2D eigenvalue weighted by atomic mass is 10.1. The van der Waals surface area contributed by atoms with Crippen LogP contribution in [-0.2, 0) is 11.1 Å². The molecule has 0 aliphatic rings. The molecule has 0 heterocycles.